The predicted molar refractivity (Wildman–Crippen MR) is 153 cm³/mol. The van der Waals surface area contributed by atoms with Crippen LogP contribution >= 0.6 is 71.2 Å². The topological polar surface area (TPSA) is 75.7 Å². The number of nitrogens with zero attached hydrogens (tertiary/aromatic N) is 1. The fraction of sp³-hybridized carbons (Fsp3) is 0.0800. The van der Waals surface area contributed by atoms with Crippen LogP contribution in [0.4, 0.5) is 10.5 Å². The summed E-state index contributed by atoms with van der Waals surface area (Å²) in [6.07, 6.45) is 1.60. The van der Waals surface area contributed by atoms with Gasteiger partial charge in [-0.15, -0.1) is 0 Å². The van der Waals surface area contributed by atoms with E-state index < -0.39 is 23.6 Å². The van der Waals surface area contributed by atoms with Crippen molar-refractivity contribution in [3.05, 3.63) is 95.1 Å². The maximum absolute atomic E-state index is 12.9. The second kappa shape index (κ2) is 12.0. The van der Waals surface area contributed by atoms with Gasteiger partial charge in [0.25, 0.3) is 11.1 Å². The van der Waals surface area contributed by atoms with Gasteiger partial charge in [0, 0.05) is 4.47 Å². The molecule has 0 radical (unpaired) electrons. The second-order valence-corrected chi connectivity index (χ2v) is 11.5. The van der Waals surface area contributed by atoms with Crippen molar-refractivity contribution >= 4 is 100.0 Å². The fourth-order valence-electron chi connectivity index (χ4n) is 3.22. The molecule has 4 rings (SSSR count). The number of thioether (sulfide) groups is 1. The van der Waals surface area contributed by atoms with E-state index in [1.807, 2.05) is 24.3 Å². The highest BCUT2D eigenvalue weighted by molar-refractivity contribution is 9.11. The Morgan fingerprint density at radius 2 is 1.69 bits per heavy atom. The van der Waals surface area contributed by atoms with E-state index in [4.69, 9.17) is 16.3 Å². The molecular formula is C25H16Br3ClN2O4S. The number of carbonyl (C=O) groups excluding carboxylic acids is 3. The molecule has 1 aliphatic rings. The van der Waals surface area contributed by atoms with Crippen LogP contribution in [0.25, 0.3) is 6.08 Å². The Morgan fingerprint density at radius 1 is 1.03 bits per heavy atom. The van der Waals surface area contributed by atoms with Crippen LogP contribution in [0.5, 0.6) is 5.75 Å². The van der Waals surface area contributed by atoms with Gasteiger partial charge in [-0.2, -0.15) is 0 Å². The first-order valence-electron chi connectivity index (χ1n) is 10.4. The Morgan fingerprint density at radius 3 is 2.36 bits per heavy atom. The summed E-state index contributed by atoms with van der Waals surface area (Å²) in [5.41, 5.74) is 2.09. The number of anilines is 1. The summed E-state index contributed by atoms with van der Waals surface area (Å²) in [6, 6.07) is 18.1. The average Bonchev–Trinajstić information content (AvgIpc) is 3.08. The smallest absolute Gasteiger partial charge is 0.294 e. The zero-order valence-corrected chi connectivity index (χ0v) is 24.6. The predicted octanol–water partition coefficient (Wildman–Crippen LogP) is 7.88. The van der Waals surface area contributed by atoms with Gasteiger partial charge in [-0.25, -0.2) is 0 Å². The lowest BCUT2D eigenvalue weighted by molar-refractivity contribution is -0.127. The zero-order chi connectivity index (χ0) is 25.8. The lowest BCUT2D eigenvalue weighted by Gasteiger charge is -2.13. The molecule has 36 heavy (non-hydrogen) atoms. The van der Waals surface area contributed by atoms with Crippen molar-refractivity contribution in [2.45, 2.75) is 6.61 Å². The van der Waals surface area contributed by atoms with Gasteiger partial charge in [0.2, 0.25) is 5.91 Å². The zero-order valence-electron chi connectivity index (χ0n) is 18.3. The summed E-state index contributed by atoms with van der Waals surface area (Å²) < 4.78 is 8.30. The number of para-hydroxylation sites is 1. The van der Waals surface area contributed by atoms with Crippen molar-refractivity contribution in [2.24, 2.45) is 0 Å². The Balaban J connectivity index is 1.44. The molecule has 0 spiro atoms. The third-order valence-corrected chi connectivity index (χ3v) is 7.88. The molecule has 3 amide bonds. The fourth-order valence-corrected chi connectivity index (χ4v) is 5.96. The summed E-state index contributed by atoms with van der Waals surface area (Å²) in [7, 11) is 0. The van der Waals surface area contributed by atoms with Crippen LogP contribution in [-0.2, 0) is 16.2 Å². The third-order valence-electron chi connectivity index (χ3n) is 4.94. The van der Waals surface area contributed by atoms with Gasteiger partial charge in [-0.3, -0.25) is 19.3 Å². The normalized spacial score (nSPS) is 14.4. The molecule has 1 aliphatic heterocycles. The lowest BCUT2D eigenvalue weighted by Crippen LogP contribution is -2.36. The van der Waals surface area contributed by atoms with Crippen molar-refractivity contribution in [2.75, 3.05) is 11.9 Å². The summed E-state index contributed by atoms with van der Waals surface area (Å²) in [4.78, 5) is 38.8. The number of nitrogens with one attached hydrogen (secondary N) is 1. The number of benzene rings is 3. The van der Waals surface area contributed by atoms with Crippen LogP contribution in [-0.4, -0.2) is 28.5 Å². The molecule has 3 aromatic carbocycles. The number of amides is 3. The highest BCUT2D eigenvalue weighted by Crippen LogP contribution is 2.38. The van der Waals surface area contributed by atoms with E-state index >= 15 is 0 Å². The van der Waals surface area contributed by atoms with E-state index in [0.29, 0.717) is 37.6 Å². The summed E-state index contributed by atoms with van der Waals surface area (Å²) >= 11 is 17.3. The standard InChI is InChI=1S/C25H16Br3ClN2O4S/c26-16-7-5-14(6-8-16)13-35-23-17(27)9-15(10-18(23)28)11-21-24(33)31(25(34)36-21)12-22(32)30-20-4-2-1-3-19(20)29/h1-11H,12-13H2,(H,30,32)/b21-11+. The van der Waals surface area contributed by atoms with Crippen molar-refractivity contribution in [1.82, 2.24) is 4.90 Å². The van der Waals surface area contributed by atoms with E-state index in [1.165, 1.54) is 0 Å². The molecule has 3 aromatic rings. The van der Waals surface area contributed by atoms with Crippen LogP contribution < -0.4 is 10.1 Å². The van der Waals surface area contributed by atoms with Crippen molar-refractivity contribution < 1.29 is 19.1 Å². The number of rotatable bonds is 7. The number of halogens is 4. The first-order chi connectivity index (χ1) is 17.2. The SMILES string of the molecule is O=C(CN1C(=O)S/C(=C/c2cc(Br)c(OCc3ccc(Br)cc3)c(Br)c2)C1=O)Nc1ccccc1Cl. The Hall–Kier alpha value is -2.11. The maximum atomic E-state index is 12.9. The van der Waals surface area contributed by atoms with E-state index in [-0.39, 0.29) is 4.91 Å². The molecule has 0 unspecified atom stereocenters. The summed E-state index contributed by atoms with van der Waals surface area (Å²) in [5.74, 6) is -0.453. The minimum atomic E-state index is -0.540. The number of hydrogen-bond acceptors (Lipinski definition) is 5. The molecule has 1 N–H and O–H groups in total. The van der Waals surface area contributed by atoms with Crippen molar-refractivity contribution in [3.63, 3.8) is 0 Å². The molecule has 184 valence electrons. The monoisotopic (exact) mass is 712 g/mol. The minimum Gasteiger partial charge on any atom is -0.487 e. The van der Waals surface area contributed by atoms with Gasteiger partial charge in [-0.1, -0.05) is 51.8 Å². The van der Waals surface area contributed by atoms with Gasteiger partial charge in [0.15, 0.2) is 0 Å². The first-order valence-corrected chi connectivity index (χ1v) is 13.9. The number of hydrogen-bond donors (Lipinski definition) is 1. The molecule has 1 fully saturated rings. The maximum Gasteiger partial charge on any atom is 0.294 e. The molecule has 0 aromatic heterocycles. The molecule has 0 bridgehead atoms. The van der Waals surface area contributed by atoms with E-state index in [2.05, 4.69) is 53.1 Å². The van der Waals surface area contributed by atoms with Gasteiger partial charge in [0.05, 0.1) is 24.6 Å². The Bertz CT molecular complexity index is 1360. The summed E-state index contributed by atoms with van der Waals surface area (Å²) in [5, 5.41) is 2.46. The highest BCUT2D eigenvalue weighted by atomic mass is 79.9. The third kappa shape index (κ3) is 6.60. The Kier molecular flexibility index (Phi) is 8.95. The lowest BCUT2D eigenvalue weighted by atomic mass is 10.2. The van der Waals surface area contributed by atoms with Crippen molar-refractivity contribution in [3.8, 4) is 5.75 Å². The summed E-state index contributed by atoms with van der Waals surface area (Å²) in [6.45, 7) is -0.0393. The van der Waals surface area contributed by atoms with Crippen molar-refractivity contribution in [1.29, 1.82) is 0 Å². The van der Waals surface area contributed by atoms with Crippen LogP contribution in [0.15, 0.2) is 79.0 Å². The van der Waals surface area contributed by atoms with Gasteiger partial charge in [-0.05, 0) is 97.2 Å². The largest absolute Gasteiger partial charge is 0.487 e. The van der Waals surface area contributed by atoms with Gasteiger partial charge >= 0.3 is 0 Å². The molecule has 11 heteroatoms. The molecule has 0 atom stereocenters. The quantitative estimate of drug-likeness (QED) is 0.252. The van der Waals surface area contributed by atoms with E-state index in [9.17, 15) is 14.4 Å². The molecule has 0 aliphatic carbocycles. The number of imide groups is 1. The molecule has 0 saturated carbocycles. The number of carbonyl (C=O) groups is 3. The first kappa shape index (κ1) is 26.9. The van der Waals surface area contributed by atoms with Gasteiger partial charge < -0.3 is 10.1 Å². The van der Waals surface area contributed by atoms with Gasteiger partial charge in [0.1, 0.15) is 18.9 Å². The molecular weight excluding hydrogens is 700 g/mol. The van der Waals surface area contributed by atoms with Crippen LogP contribution in [0.2, 0.25) is 5.02 Å². The van der Waals surface area contributed by atoms with E-state index in [0.717, 1.165) is 26.7 Å². The highest BCUT2D eigenvalue weighted by Gasteiger charge is 2.36. The van der Waals surface area contributed by atoms with Crippen LogP contribution in [0.1, 0.15) is 11.1 Å². The van der Waals surface area contributed by atoms with Crippen LogP contribution in [0, 0.1) is 0 Å². The average molecular weight is 716 g/mol. The molecule has 1 heterocycles. The van der Waals surface area contributed by atoms with E-state index in [1.54, 1.807) is 42.5 Å². The molecule has 1 saturated heterocycles. The Labute approximate surface area is 241 Å². The second-order valence-electron chi connectivity index (χ2n) is 7.52. The van der Waals surface area contributed by atoms with Crippen LogP contribution in [0.3, 0.4) is 0 Å². The minimum absolute atomic E-state index is 0.216. The molecule has 6 nitrogen and oxygen atoms in total. The number of ether oxygens (including phenoxy) is 1.